The van der Waals surface area contributed by atoms with E-state index in [9.17, 15) is 4.79 Å². The van der Waals surface area contributed by atoms with E-state index in [1.807, 2.05) is 48.0 Å². The van der Waals surface area contributed by atoms with Gasteiger partial charge in [0, 0.05) is 25.2 Å². The summed E-state index contributed by atoms with van der Waals surface area (Å²) in [4.78, 5) is 24.9. The number of benzene rings is 1. The third-order valence-electron chi connectivity index (χ3n) is 3.79. The lowest BCUT2D eigenvalue weighted by Crippen LogP contribution is -2.53. The van der Waals surface area contributed by atoms with Crippen molar-refractivity contribution in [1.29, 1.82) is 0 Å². The van der Waals surface area contributed by atoms with Gasteiger partial charge >= 0.3 is 0 Å². The van der Waals surface area contributed by atoms with Gasteiger partial charge in [-0.3, -0.25) is 9.59 Å². The fourth-order valence-electron chi connectivity index (χ4n) is 2.56. The molecule has 2 rings (SSSR count). The smallest absolute Gasteiger partial charge is 0.290 e. The van der Waals surface area contributed by atoms with Crippen molar-refractivity contribution in [3.63, 3.8) is 0 Å². The Labute approximate surface area is 142 Å². The van der Waals surface area contributed by atoms with Crippen molar-refractivity contribution >= 4 is 12.4 Å². The number of aryl methyl sites for hydroxylation is 1. The Morgan fingerprint density at radius 2 is 2.04 bits per heavy atom. The zero-order valence-corrected chi connectivity index (χ0v) is 14.2. The zero-order valence-electron chi connectivity index (χ0n) is 14.2. The van der Waals surface area contributed by atoms with Crippen molar-refractivity contribution in [3.05, 3.63) is 35.4 Å². The largest absolute Gasteiger partial charge is 0.483 e. The third-order valence-corrected chi connectivity index (χ3v) is 3.79. The minimum Gasteiger partial charge on any atom is -0.483 e. The summed E-state index contributed by atoms with van der Waals surface area (Å²) in [6.45, 7) is 4.93. The summed E-state index contributed by atoms with van der Waals surface area (Å²) in [5.74, 6) is 0.0562. The highest BCUT2D eigenvalue weighted by molar-refractivity contribution is 5.94. The third kappa shape index (κ3) is 6.27. The molecule has 0 radical (unpaired) electrons. The standard InChI is InChI=1S/C16H24N2O3.CH2O2/c1-13-3-5-14(6-4-13)16(20)18-8-10-21-12-15(18)11-17(2)7-9-19;2-1-3/h3-6,15,19H,7-12H2,1-2H3;1H,(H,2,3). The molecular weight excluding hydrogens is 312 g/mol. The number of aliphatic hydroxyl groups excluding tert-OH is 1. The number of carboxylic acid groups (broad SMARTS) is 1. The topological polar surface area (TPSA) is 90.3 Å². The summed E-state index contributed by atoms with van der Waals surface area (Å²) in [6.07, 6.45) is 0. The Bertz CT molecular complexity index is 506. The van der Waals surface area contributed by atoms with Crippen LogP contribution in [0, 0.1) is 6.92 Å². The molecule has 1 aromatic rings. The van der Waals surface area contributed by atoms with E-state index in [1.165, 1.54) is 0 Å². The van der Waals surface area contributed by atoms with Crippen LogP contribution in [-0.2, 0) is 9.53 Å². The van der Waals surface area contributed by atoms with Gasteiger partial charge in [-0.2, -0.15) is 0 Å². The lowest BCUT2D eigenvalue weighted by atomic mass is 10.1. The fraction of sp³-hybridized carbons (Fsp3) is 0.529. The van der Waals surface area contributed by atoms with Gasteiger partial charge in [-0.15, -0.1) is 0 Å². The van der Waals surface area contributed by atoms with Crippen LogP contribution in [0.3, 0.4) is 0 Å². The van der Waals surface area contributed by atoms with Crippen molar-refractivity contribution in [3.8, 4) is 0 Å². The highest BCUT2D eigenvalue weighted by Gasteiger charge is 2.28. The molecule has 0 aromatic heterocycles. The number of nitrogens with zero attached hydrogens (tertiary/aromatic N) is 2. The van der Waals surface area contributed by atoms with Crippen LogP contribution in [0.15, 0.2) is 24.3 Å². The Balaban J connectivity index is 0.000000891. The highest BCUT2D eigenvalue weighted by Crippen LogP contribution is 2.14. The lowest BCUT2D eigenvalue weighted by Gasteiger charge is -2.37. The number of carbonyl (C=O) groups excluding carboxylic acids is 1. The molecule has 24 heavy (non-hydrogen) atoms. The molecule has 1 fully saturated rings. The van der Waals surface area contributed by atoms with Crippen LogP contribution < -0.4 is 0 Å². The second-order valence-electron chi connectivity index (χ2n) is 5.68. The number of carbonyl (C=O) groups is 2. The Morgan fingerprint density at radius 3 is 2.62 bits per heavy atom. The number of hydrogen-bond acceptors (Lipinski definition) is 5. The molecule has 1 aliphatic heterocycles. The zero-order chi connectivity index (χ0) is 17.9. The van der Waals surface area contributed by atoms with Crippen LogP contribution in [0.2, 0.25) is 0 Å². The SMILES string of the molecule is Cc1ccc(C(=O)N2CCOCC2CN(C)CCO)cc1.O=CO. The van der Waals surface area contributed by atoms with E-state index in [-0.39, 0.29) is 25.0 Å². The van der Waals surface area contributed by atoms with Gasteiger partial charge in [-0.25, -0.2) is 0 Å². The van der Waals surface area contributed by atoms with Crippen LogP contribution in [0.1, 0.15) is 15.9 Å². The summed E-state index contributed by atoms with van der Waals surface area (Å²) in [5, 5.41) is 15.9. The normalized spacial score (nSPS) is 17.2. The Morgan fingerprint density at radius 1 is 1.42 bits per heavy atom. The first kappa shape index (κ1) is 20.1. The number of hydrogen-bond donors (Lipinski definition) is 2. The Kier molecular flexibility index (Phi) is 8.99. The van der Waals surface area contributed by atoms with Crippen molar-refractivity contribution in [2.75, 3.05) is 46.5 Å². The fourth-order valence-corrected chi connectivity index (χ4v) is 2.56. The number of morpholine rings is 1. The van der Waals surface area contributed by atoms with E-state index < -0.39 is 0 Å². The van der Waals surface area contributed by atoms with Gasteiger partial charge in [-0.05, 0) is 26.1 Å². The second-order valence-corrected chi connectivity index (χ2v) is 5.68. The highest BCUT2D eigenvalue weighted by atomic mass is 16.5. The Hall–Kier alpha value is -1.96. The summed E-state index contributed by atoms with van der Waals surface area (Å²) in [7, 11) is 1.94. The van der Waals surface area contributed by atoms with E-state index in [2.05, 4.69) is 0 Å². The molecule has 7 nitrogen and oxygen atoms in total. The lowest BCUT2D eigenvalue weighted by molar-refractivity contribution is -0.122. The molecule has 1 aromatic carbocycles. The average Bonchev–Trinajstić information content (AvgIpc) is 2.56. The summed E-state index contributed by atoms with van der Waals surface area (Å²) in [6, 6.07) is 7.70. The molecule has 1 saturated heterocycles. The molecule has 0 bridgehead atoms. The first-order valence-corrected chi connectivity index (χ1v) is 7.86. The van der Waals surface area contributed by atoms with Crippen LogP contribution >= 0.6 is 0 Å². The predicted molar refractivity (Wildman–Crippen MR) is 90.1 cm³/mol. The van der Waals surface area contributed by atoms with Crippen LogP contribution in [0.25, 0.3) is 0 Å². The number of aliphatic hydroxyl groups is 1. The number of likely N-dealkylation sites (N-methyl/N-ethyl adjacent to an activating group) is 1. The van der Waals surface area contributed by atoms with Gasteiger partial charge in [0.25, 0.3) is 12.4 Å². The molecule has 1 amide bonds. The van der Waals surface area contributed by atoms with E-state index in [4.69, 9.17) is 19.7 Å². The molecule has 1 atom stereocenters. The van der Waals surface area contributed by atoms with Crippen molar-refractivity contribution in [2.45, 2.75) is 13.0 Å². The number of amides is 1. The molecule has 0 spiro atoms. The van der Waals surface area contributed by atoms with Gasteiger partial charge in [0.1, 0.15) is 0 Å². The molecule has 1 aliphatic rings. The second kappa shape index (κ2) is 10.7. The minimum absolute atomic E-state index is 0.0316. The van der Waals surface area contributed by atoms with Crippen molar-refractivity contribution in [2.24, 2.45) is 0 Å². The molecule has 1 unspecified atom stereocenters. The van der Waals surface area contributed by atoms with E-state index in [0.717, 1.165) is 11.1 Å². The maximum Gasteiger partial charge on any atom is 0.290 e. The number of ether oxygens (including phenoxy) is 1. The minimum atomic E-state index is -0.250. The molecule has 1 heterocycles. The monoisotopic (exact) mass is 338 g/mol. The maximum absolute atomic E-state index is 12.7. The van der Waals surface area contributed by atoms with Crippen LogP contribution in [0.5, 0.6) is 0 Å². The van der Waals surface area contributed by atoms with Crippen molar-refractivity contribution < 1.29 is 24.5 Å². The van der Waals surface area contributed by atoms with Gasteiger partial charge in [-0.1, -0.05) is 17.7 Å². The first-order chi connectivity index (χ1) is 11.5. The molecule has 7 heteroatoms. The van der Waals surface area contributed by atoms with Crippen molar-refractivity contribution in [1.82, 2.24) is 9.80 Å². The van der Waals surface area contributed by atoms with Gasteiger partial charge in [0.05, 0.1) is 25.9 Å². The summed E-state index contributed by atoms with van der Waals surface area (Å²) in [5.41, 5.74) is 1.87. The molecule has 134 valence electrons. The van der Waals surface area contributed by atoms with Gasteiger partial charge in [0.15, 0.2) is 0 Å². The molecule has 2 N–H and O–H groups in total. The number of rotatable bonds is 5. The first-order valence-electron chi connectivity index (χ1n) is 7.86. The van der Waals surface area contributed by atoms with Gasteiger partial charge in [0.2, 0.25) is 0 Å². The van der Waals surface area contributed by atoms with E-state index in [0.29, 0.717) is 32.8 Å². The molecule has 0 aliphatic carbocycles. The van der Waals surface area contributed by atoms with Gasteiger partial charge < -0.3 is 24.7 Å². The summed E-state index contributed by atoms with van der Waals surface area (Å²) >= 11 is 0. The van der Waals surface area contributed by atoms with E-state index >= 15 is 0 Å². The molecule has 0 saturated carbocycles. The van der Waals surface area contributed by atoms with Crippen LogP contribution in [-0.4, -0.2) is 84.9 Å². The van der Waals surface area contributed by atoms with E-state index in [1.54, 1.807) is 0 Å². The summed E-state index contributed by atoms with van der Waals surface area (Å²) < 4.78 is 5.51. The quantitative estimate of drug-likeness (QED) is 0.758. The molecular formula is C17H26N2O5. The maximum atomic E-state index is 12.7. The average molecular weight is 338 g/mol. The predicted octanol–water partition coefficient (Wildman–Crippen LogP) is 0.461. The van der Waals surface area contributed by atoms with Crippen LogP contribution in [0.4, 0.5) is 0 Å².